The third kappa shape index (κ3) is 5.17. The molecule has 0 aliphatic heterocycles. The highest BCUT2D eigenvalue weighted by Crippen LogP contribution is 2.22. The van der Waals surface area contributed by atoms with E-state index in [9.17, 15) is 18.4 Å². The molecule has 1 N–H and O–H groups in total. The van der Waals surface area contributed by atoms with Crippen molar-refractivity contribution in [1.29, 1.82) is 0 Å². The van der Waals surface area contributed by atoms with E-state index >= 15 is 0 Å². The number of rotatable bonds is 5. The average Bonchev–Trinajstić information content (AvgIpc) is 2.55. The van der Waals surface area contributed by atoms with E-state index in [0.717, 1.165) is 18.2 Å². The van der Waals surface area contributed by atoms with Crippen LogP contribution in [0.2, 0.25) is 5.02 Å². The molecule has 0 fully saturated rings. The molecule has 0 heterocycles. The van der Waals surface area contributed by atoms with Gasteiger partial charge in [-0.2, -0.15) is 0 Å². The summed E-state index contributed by atoms with van der Waals surface area (Å²) < 4.78 is 31.0. The van der Waals surface area contributed by atoms with E-state index in [4.69, 9.17) is 16.3 Å². The minimum atomic E-state index is -0.807. The molecule has 0 atom stereocenters. The fourth-order valence-electron chi connectivity index (χ4n) is 1.73. The third-order valence-electron chi connectivity index (χ3n) is 2.85. The van der Waals surface area contributed by atoms with Crippen LogP contribution in [0.4, 0.5) is 14.5 Å². The molecule has 24 heavy (non-hydrogen) atoms. The van der Waals surface area contributed by atoms with Crippen LogP contribution in [0.15, 0.2) is 48.5 Å². The van der Waals surface area contributed by atoms with Gasteiger partial charge in [-0.25, -0.2) is 13.6 Å². The zero-order chi connectivity index (χ0) is 17.5. The Labute approximate surface area is 141 Å². The van der Waals surface area contributed by atoms with Crippen molar-refractivity contribution in [3.8, 4) is 0 Å². The topological polar surface area (TPSA) is 55.4 Å². The first-order chi connectivity index (χ1) is 11.5. The van der Waals surface area contributed by atoms with Crippen molar-refractivity contribution in [2.24, 2.45) is 0 Å². The molecule has 0 aromatic heterocycles. The molecule has 0 unspecified atom stereocenters. The number of carbonyl (C=O) groups is 2. The number of halogens is 3. The SMILES string of the molecule is O=C(COC(=O)/C=C/c1ccccc1F)Nc1ccc(F)cc1Cl. The van der Waals surface area contributed by atoms with Gasteiger partial charge in [0.25, 0.3) is 5.91 Å². The zero-order valence-electron chi connectivity index (χ0n) is 12.3. The number of hydrogen-bond donors (Lipinski definition) is 1. The van der Waals surface area contributed by atoms with Gasteiger partial charge in [0.05, 0.1) is 10.7 Å². The van der Waals surface area contributed by atoms with E-state index in [1.165, 1.54) is 30.3 Å². The Balaban J connectivity index is 1.85. The van der Waals surface area contributed by atoms with Crippen LogP contribution in [-0.4, -0.2) is 18.5 Å². The predicted octanol–water partition coefficient (Wildman–Crippen LogP) is 3.81. The molecule has 0 radical (unpaired) electrons. The van der Waals surface area contributed by atoms with Gasteiger partial charge in [0, 0.05) is 11.6 Å². The van der Waals surface area contributed by atoms with Crippen LogP contribution in [0.5, 0.6) is 0 Å². The van der Waals surface area contributed by atoms with E-state index in [1.807, 2.05) is 0 Å². The van der Waals surface area contributed by atoms with Crippen molar-refractivity contribution in [2.75, 3.05) is 11.9 Å². The van der Waals surface area contributed by atoms with Crippen LogP contribution < -0.4 is 5.32 Å². The van der Waals surface area contributed by atoms with Crippen LogP contribution in [0.3, 0.4) is 0 Å². The number of anilines is 1. The number of esters is 1. The molecule has 0 spiro atoms. The highest BCUT2D eigenvalue weighted by Gasteiger charge is 2.09. The van der Waals surface area contributed by atoms with Gasteiger partial charge in [-0.15, -0.1) is 0 Å². The number of amides is 1. The quantitative estimate of drug-likeness (QED) is 0.658. The first kappa shape index (κ1) is 17.6. The maximum atomic E-state index is 13.4. The Bertz CT molecular complexity index is 793. The summed E-state index contributed by atoms with van der Waals surface area (Å²) >= 11 is 5.76. The minimum Gasteiger partial charge on any atom is -0.452 e. The number of hydrogen-bond acceptors (Lipinski definition) is 3. The highest BCUT2D eigenvalue weighted by atomic mass is 35.5. The van der Waals surface area contributed by atoms with Crippen molar-refractivity contribution < 1.29 is 23.1 Å². The second kappa shape index (κ2) is 8.21. The predicted molar refractivity (Wildman–Crippen MR) is 86.4 cm³/mol. The number of nitrogens with one attached hydrogen (secondary N) is 1. The van der Waals surface area contributed by atoms with Gasteiger partial charge in [0.1, 0.15) is 11.6 Å². The summed E-state index contributed by atoms with van der Waals surface area (Å²) in [5.74, 6) is -2.47. The van der Waals surface area contributed by atoms with E-state index < -0.39 is 30.1 Å². The van der Waals surface area contributed by atoms with Crippen molar-refractivity contribution in [1.82, 2.24) is 0 Å². The Morgan fingerprint density at radius 2 is 1.92 bits per heavy atom. The van der Waals surface area contributed by atoms with Gasteiger partial charge in [-0.3, -0.25) is 4.79 Å². The fourth-order valence-corrected chi connectivity index (χ4v) is 1.94. The van der Waals surface area contributed by atoms with Gasteiger partial charge in [-0.1, -0.05) is 29.8 Å². The Kier molecular flexibility index (Phi) is 6.03. The maximum Gasteiger partial charge on any atom is 0.331 e. The van der Waals surface area contributed by atoms with Crippen LogP contribution >= 0.6 is 11.6 Å². The molecule has 2 rings (SSSR count). The summed E-state index contributed by atoms with van der Waals surface area (Å²) in [6.45, 7) is -0.561. The molecular weight excluding hydrogens is 340 g/mol. The summed E-state index contributed by atoms with van der Waals surface area (Å²) in [5, 5.41) is 2.40. The molecule has 0 saturated carbocycles. The Morgan fingerprint density at radius 1 is 1.17 bits per heavy atom. The van der Waals surface area contributed by atoms with E-state index in [-0.39, 0.29) is 16.3 Å². The van der Waals surface area contributed by atoms with Crippen molar-refractivity contribution in [3.05, 3.63) is 70.8 Å². The third-order valence-corrected chi connectivity index (χ3v) is 3.17. The van der Waals surface area contributed by atoms with Crippen LogP contribution in [0.25, 0.3) is 6.08 Å². The van der Waals surface area contributed by atoms with Gasteiger partial charge in [0.2, 0.25) is 0 Å². The standard InChI is InChI=1S/C17H12ClF2NO3/c18-13-9-12(19)6-7-15(13)21-16(22)10-24-17(23)8-5-11-3-1-2-4-14(11)20/h1-9H,10H2,(H,21,22)/b8-5+. The molecule has 0 saturated heterocycles. The molecule has 0 aliphatic rings. The van der Waals surface area contributed by atoms with Gasteiger partial charge in [0.15, 0.2) is 6.61 Å². The Morgan fingerprint density at radius 3 is 2.62 bits per heavy atom. The molecule has 0 aliphatic carbocycles. The van der Waals surface area contributed by atoms with Crippen molar-refractivity contribution >= 4 is 35.2 Å². The molecule has 1 amide bonds. The van der Waals surface area contributed by atoms with E-state index in [2.05, 4.69) is 5.32 Å². The monoisotopic (exact) mass is 351 g/mol. The lowest BCUT2D eigenvalue weighted by molar-refractivity contribution is -0.142. The van der Waals surface area contributed by atoms with E-state index in [1.54, 1.807) is 6.07 Å². The first-order valence-corrected chi connectivity index (χ1v) is 7.18. The van der Waals surface area contributed by atoms with Gasteiger partial charge >= 0.3 is 5.97 Å². The second-order valence-corrected chi connectivity index (χ2v) is 5.04. The average molecular weight is 352 g/mol. The molecule has 2 aromatic rings. The summed E-state index contributed by atoms with van der Waals surface area (Å²) in [6.07, 6.45) is 2.25. The summed E-state index contributed by atoms with van der Waals surface area (Å²) in [7, 11) is 0. The van der Waals surface area contributed by atoms with Crippen LogP contribution in [0.1, 0.15) is 5.56 Å². The largest absolute Gasteiger partial charge is 0.452 e. The lowest BCUT2D eigenvalue weighted by Gasteiger charge is -2.07. The molecule has 0 bridgehead atoms. The molecule has 2 aromatic carbocycles. The van der Waals surface area contributed by atoms with Crippen LogP contribution in [-0.2, 0) is 14.3 Å². The highest BCUT2D eigenvalue weighted by molar-refractivity contribution is 6.33. The minimum absolute atomic E-state index is 0.0223. The number of benzene rings is 2. The molecular formula is C17H12ClF2NO3. The maximum absolute atomic E-state index is 13.4. The summed E-state index contributed by atoms with van der Waals surface area (Å²) in [4.78, 5) is 23.2. The van der Waals surface area contributed by atoms with Gasteiger partial charge in [-0.05, 0) is 30.3 Å². The van der Waals surface area contributed by atoms with Crippen molar-refractivity contribution in [2.45, 2.75) is 0 Å². The zero-order valence-corrected chi connectivity index (χ0v) is 13.0. The second-order valence-electron chi connectivity index (χ2n) is 4.63. The molecule has 7 heteroatoms. The van der Waals surface area contributed by atoms with E-state index in [0.29, 0.717) is 0 Å². The lowest BCUT2D eigenvalue weighted by Crippen LogP contribution is -2.20. The van der Waals surface area contributed by atoms with Crippen LogP contribution in [0, 0.1) is 11.6 Å². The normalized spacial score (nSPS) is 10.6. The smallest absolute Gasteiger partial charge is 0.331 e. The van der Waals surface area contributed by atoms with Crippen molar-refractivity contribution in [3.63, 3.8) is 0 Å². The molecule has 4 nitrogen and oxygen atoms in total. The fraction of sp³-hybridized carbons (Fsp3) is 0.0588. The number of carbonyl (C=O) groups excluding carboxylic acids is 2. The van der Waals surface area contributed by atoms with Gasteiger partial charge < -0.3 is 10.1 Å². The summed E-state index contributed by atoms with van der Waals surface area (Å²) in [5.41, 5.74) is 0.415. The number of ether oxygens (including phenoxy) is 1. The molecule has 124 valence electrons. The summed E-state index contributed by atoms with van der Waals surface area (Å²) in [6, 6.07) is 9.34. The lowest BCUT2D eigenvalue weighted by atomic mass is 10.2. The first-order valence-electron chi connectivity index (χ1n) is 6.80. The Hall–Kier alpha value is -2.73.